The van der Waals surface area contributed by atoms with E-state index in [2.05, 4.69) is 62.5 Å². The van der Waals surface area contributed by atoms with Gasteiger partial charge in [-0.25, -0.2) is 0 Å². The molecule has 76 heavy (non-hydrogen) atoms. The van der Waals surface area contributed by atoms with Crippen LogP contribution in [-0.4, -0.2) is 69.4 Å². The summed E-state index contributed by atoms with van der Waals surface area (Å²) < 4.78 is 30.3. The normalized spacial score (nSPS) is 13.9. The van der Waals surface area contributed by atoms with E-state index >= 15 is 0 Å². The first-order valence-electron chi connectivity index (χ1n) is 32.4. The average Bonchev–Trinajstić information content (AvgIpc) is 3.38. The Bertz CT molecular complexity index is 1440. The lowest BCUT2D eigenvalue weighted by atomic mass is 10.0. The van der Waals surface area contributed by atoms with Gasteiger partial charge in [0.1, 0.15) is 19.3 Å². The standard InChI is InChI=1S/C66H125N2O7P/c1-7-10-13-16-19-22-25-27-29-30-31-32-33-34-35-36-37-38-39-41-44-47-50-53-56-59-66(70)75-64(57-54-51-48-45-42-24-21-18-15-12-9-3)63(62-74-76(71,72)73-61-60-68(4,5)6)67-65(69)58-55-52-49-46-43-40-28-26-23-20-17-14-11-8-2/h19,22,27,29,31-32,54,57,63-64H,7-18,20-21,23-26,28,30,33-53,55-56,58-62H2,1-6H3,(H-,67,69,71,72)/b22-19-,29-27-,32-31-,57-54-. The third-order valence-corrected chi connectivity index (χ3v) is 15.5. The molecule has 3 atom stereocenters. The minimum absolute atomic E-state index is 0.0208. The molecule has 0 rings (SSSR count). The number of unbranched alkanes of at least 4 members (excludes halogenated alkanes) is 37. The highest BCUT2D eigenvalue weighted by Crippen LogP contribution is 2.38. The lowest BCUT2D eigenvalue weighted by molar-refractivity contribution is -0.870. The highest BCUT2D eigenvalue weighted by Gasteiger charge is 2.27. The first kappa shape index (κ1) is 74.0. The van der Waals surface area contributed by atoms with Gasteiger partial charge in [-0.2, -0.15) is 0 Å². The first-order valence-corrected chi connectivity index (χ1v) is 33.9. The van der Waals surface area contributed by atoms with Crippen molar-refractivity contribution in [3.05, 3.63) is 48.6 Å². The number of allylic oxidation sites excluding steroid dienone is 7. The summed E-state index contributed by atoms with van der Waals surface area (Å²) in [6, 6.07) is -0.885. The van der Waals surface area contributed by atoms with Crippen LogP contribution in [0.3, 0.4) is 0 Å². The molecule has 9 nitrogen and oxygen atoms in total. The fourth-order valence-electron chi connectivity index (χ4n) is 9.47. The van der Waals surface area contributed by atoms with Gasteiger partial charge in [-0.15, -0.1) is 0 Å². The molecule has 1 N–H and O–H groups in total. The molecule has 0 saturated carbocycles. The molecule has 0 aliphatic heterocycles. The third-order valence-electron chi connectivity index (χ3n) is 14.5. The Morgan fingerprint density at radius 1 is 0.461 bits per heavy atom. The minimum atomic E-state index is -4.69. The van der Waals surface area contributed by atoms with Crippen molar-refractivity contribution >= 4 is 19.7 Å². The van der Waals surface area contributed by atoms with Gasteiger partial charge in [0.2, 0.25) is 5.91 Å². The van der Waals surface area contributed by atoms with Gasteiger partial charge in [-0.05, 0) is 70.3 Å². The molecule has 0 heterocycles. The number of rotatable bonds is 59. The van der Waals surface area contributed by atoms with Gasteiger partial charge in [0, 0.05) is 12.8 Å². The van der Waals surface area contributed by atoms with E-state index in [9.17, 15) is 19.0 Å². The van der Waals surface area contributed by atoms with Crippen molar-refractivity contribution in [3.63, 3.8) is 0 Å². The van der Waals surface area contributed by atoms with Crippen LogP contribution in [0.2, 0.25) is 0 Å². The molecule has 10 heteroatoms. The van der Waals surface area contributed by atoms with Crippen molar-refractivity contribution in [3.8, 4) is 0 Å². The predicted octanol–water partition coefficient (Wildman–Crippen LogP) is 19.4. The Labute approximate surface area is 471 Å². The minimum Gasteiger partial charge on any atom is -0.756 e. The molecule has 0 saturated heterocycles. The van der Waals surface area contributed by atoms with Crippen molar-refractivity contribution in [2.24, 2.45) is 0 Å². The molecule has 0 bridgehead atoms. The smallest absolute Gasteiger partial charge is 0.306 e. The Morgan fingerprint density at radius 3 is 1.22 bits per heavy atom. The molecule has 0 aliphatic rings. The molecule has 0 spiro atoms. The molecular formula is C66H125N2O7P. The Hall–Kier alpha value is -2.03. The van der Waals surface area contributed by atoms with E-state index < -0.39 is 20.0 Å². The second-order valence-electron chi connectivity index (χ2n) is 23.3. The van der Waals surface area contributed by atoms with Crippen LogP contribution < -0.4 is 10.2 Å². The van der Waals surface area contributed by atoms with Gasteiger partial charge in [0.25, 0.3) is 7.82 Å². The van der Waals surface area contributed by atoms with E-state index in [-0.39, 0.29) is 31.5 Å². The summed E-state index contributed by atoms with van der Waals surface area (Å²) in [6.45, 7) is 6.84. The summed E-state index contributed by atoms with van der Waals surface area (Å²) in [6.07, 6.45) is 69.4. The topological polar surface area (TPSA) is 114 Å². The zero-order chi connectivity index (χ0) is 55.7. The lowest BCUT2D eigenvalue weighted by Crippen LogP contribution is -2.47. The number of carbonyl (C=O) groups excluding carboxylic acids is 2. The van der Waals surface area contributed by atoms with Gasteiger partial charge in [-0.1, -0.05) is 275 Å². The first-order chi connectivity index (χ1) is 36.9. The van der Waals surface area contributed by atoms with Crippen LogP contribution in [-0.2, 0) is 27.9 Å². The molecule has 0 aromatic heterocycles. The number of phosphoric acid groups is 1. The van der Waals surface area contributed by atoms with E-state index in [0.29, 0.717) is 17.4 Å². The number of hydrogen-bond donors (Lipinski definition) is 1. The molecule has 0 aliphatic carbocycles. The number of amides is 1. The van der Waals surface area contributed by atoms with Crippen molar-refractivity contribution in [1.82, 2.24) is 5.32 Å². The summed E-state index contributed by atoms with van der Waals surface area (Å²) in [5.41, 5.74) is 0. The zero-order valence-corrected chi connectivity index (χ0v) is 51.9. The average molecular weight is 1090 g/mol. The van der Waals surface area contributed by atoms with Crippen LogP contribution in [0.15, 0.2) is 48.6 Å². The number of ether oxygens (including phenoxy) is 1. The number of carbonyl (C=O) groups is 2. The van der Waals surface area contributed by atoms with Crippen LogP contribution in [0.25, 0.3) is 0 Å². The van der Waals surface area contributed by atoms with E-state index in [1.807, 2.05) is 33.3 Å². The Balaban J connectivity index is 5.05. The maximum atomic E-state index is 13.5. The number of hydrogen-bond acceptors (Lipinski definition) is 7. The van der Waals surface area contributed by atoms with Crippen LogP contribution in [0, 0.1) is 0 Å². The monoisotopic (exact) mass is 1090 g/mol. The maximum Gasteiger partial charge on any atom is 0.306 e. The van der Waals surface area contributed by atoms with Crippen LogP contribution in [0.4, 0.5) is 0 Å². The summed E-state index contributed by atoms with van der Waals surface area (Å²) in [5.74, 6) is -0.532. The van der Waals surface area contributed by atoms with Gasteiger partial charge >= 0.3 is 5.97 Å². The third kappa shape index (κ3) is 56.7. The van der Waals surface area contributed by atoms with Crippen molar-refractivity contribution in [1.29, 1.82) is 0 Å². The summed E-state index contributed by atoms with van der Waals surface area (Å²) in [5, 5.41) is 3.03. The SMILES string of the molecule is CCCCC/C=C\C/C=C\C/C=C\CCCCCCCCCCCCCCC(=O)OC(/C=C\CCCCCCCCCCC)C(COP(=O)([O-])OCC[N+](C)(C)C)NC(=O)CCCCCCCCCCCCCCCC. The summed E-state index contributed by atoms with van der Waals surface area (Å²) in [7, 11) is 1.19. The number of nitrogens with zero attached hydrogens (tertiary/aromatic N) is 1. The molecule has 0 fully saturated rings. The fraction of sp³-hybridized carbons (Fsp3) is 0.848. The van der Waals surface area contributed by atoms with E-state index in [4.69, 9.17) is 13.8 Å². The van der Waals surface area contributed by atoms with Crippen LogP contribution in [0.5, 0.6) is 0 Å². The van der Waals surface area contributed by atoms with Crippen molar-refractivity contribution in [2.75, 3.05) is 40.9 Å². The lowest BCUT2D eigenvalue weighted by Gasteiger charge is -2.30. The number of phosphoric ester groups is 1. The number of likely N-dealkylation sites (N-methyl/N-ethyl adjacent to an activating group) is 1. The largest absolute Gasteiger partial charge is 0.756 e. The van der Waals surface area contributed by atoms with Crippen LogP contribution >= 0.6 is 7.82 Å². The fourth-order valence-corrected chi connectivity index (χ4v) is 10.2. The van der Waals surface area contributed by atoms with Crippen molar-refractivity contribution in [2.45, 2.75) is 322 Å². The van der Waals surface area contributed by atoms with Gasteiger partial charge < -0.3 is 28.5 Å². The highest BCUT2D eigenvalue weighted by atomic mass is 31.2. The van der Waals surface area contributed by atoms with E-state index in [1.165, 1.54) is 205 Å². The van der Waals surface area contributed by atoms with Crippen LogP contribution in [0.1, 0.15) is 310 Å². The molecule has 3 unspecified atom stereocenters. The van der Waals surface area contributed by atoms with E-state index in [0.717, 1.165) is 70.6 Å². The summed E-state index contributed by atoms with van der Waals surface area (Å²) in [4.78, 5) is 40.0. The predicted molar refractivity (Wildman–Crippen MR) is 326 cm³/mol. The number of nitrogens with one attached hydrogen (secondary N) is 1. The van der Waals surface area contributed by atoms with Gasteiger partial charge in [0.05, 0.1) is 33.8 Å². The maximum absolute atomic E-state index is 13.5. The second kappa shape index (κ2) is 56.3. The second-order valence-corrected chi connectivity index (χ2v) is 24.7. The van der Waals surface area contributed by atoms with Gasteiger partial charge in [0.15, 0.2) is 0 Å². The quantitative estimate of drug-likeness (QED) is 0.0212. The Kier molecular flexibility index (Phi) is 54.7. The molecule has 1 amide bonds. The highest BCUT2D eigenvalue weighted by molar-refractivity contribution is 7.45. The van der Waals surface area contributed by atoms with E-state index in [1.54, 1.807) is 0 Å². The number of esters is 1. The van der Waals surface area contributed by atoms with Gasteiger partial charge in [-0.3, -0.25) is 14.2 Å². The molecule has 446 valence electrons. The Morgan fingerprint density at radius 2 is 0.803 bits per heavy atom. The molecule has 0 aromatic rings. The molecule has 0 aromatic carbocycles. The molecular weight excluding hydrogens is 964 g/mol. The van der Waals surface area contributed by atoms with Crippen molar-refractivity contribution < 1.29 is 37.3 Å². The molecule has 0 radical (unpaired) electrons. The summed E-state index contributed by atoms with van der Waals surface area (Å²) >= 11 is 0. The zero-order valence-electron chi connectivity index (χ0n) is 51.0. The number of quaternary nitrogens is 1.